The normalized spacial score (nSPS) is 16.0. The summed E-state index contributed by atoms with van der Waals surface area (Å²) in [5.41, 5.74) is 6.81. The van der Waals surface area contributed by atoms with E-state index in [-0.39, 0.29) is 11.9 Å². The molecule has 17 heavy (non-hydrogen) atoms. The van der Waals surface area contributed by atoms with Crippen molar-refractivity contribution >= 4 is 11.6 Å². The molecule has 0 radical (unpaired) electrons. The molecule has 0 bridgehead atoms. The third-order valence-electron chi connectivity index (χ3n) is 2.63. The van der Waals surface area contributed by atoms with Crippen LogP contribution in [0.4, 0.5) is 5.69 Å². The van der Waals surface area contributed by atoms with Crippen molar-refractivity contribution in [1.82, 2.24) is 4.90 Å². The fourth-order valence-electron chi connectivity index (χ4n) is 1.81. The maximum absolute atomic E-state index is 11.6. The van der Waals surface area contributed by atoms with E-state index in [1.165, 1.54) is 0 Å². The molecule has 0 saturated carbocycles. The van der Waals surface area contributed by atoms with E-state index in [0.29, 0.717) is 17.8 Å². The van der Waals surface area contributed by atoms with Crippen molar-refractivity contribution in [2.75, 3.05) is 25.0 Å². The van der Waals surface area contributed by atoms with Gasteiger partial charge in [0.2, 0.25) is 5.91 Å². The molecule has 1 aliphatic rings. The van der Waals surface area contributed by atoms with E-state index in [1.807, 2.05) is 11.0 Å². The lowest BCUT2D eigenvalue weighted by Crippen LogP contribution is -2.57. The Hall–Kier alpha value is -1.90. The first-order chi connectivity index (χ1) is 8.17. The van der Waals surface area contributed by atoms with E-state index >= 15 is 0 Å². The topological polar surface area (TPSA) is 82.2 Å². The van der Waals surface area contributed by atoms with Crippen molar-refractivity contribution < 1.29 is 4.79 Å². The number of nitrogens with one attached hydrogen (secondary N) is 1. The maximum atomic E-state index is 11.6. The second-order valence-electron chi connectivity index (χ2n) is 4.19. The summed E-state index contributed by atoms with van der Waals surface area (Å²) in [6, 6.07) is 9.09. The summed E-state index contributed by atoms with van der Waals surface area (Å²) in [5.74, 6) is -0.0769. The number of anilines is 1. The summed E-state index contributed by atoms with van der Waals surface area (Å²) in [6.07, 6.45) is 0. The summed E-state index contributed by atoms with van der Waals surface area (Å²) >= 11 is 0. The molecule has 2 rings (SSSR count). The number of hydrogen-bond donors (Lipinski definition) is 2. The third kappa shape index (κ3) is 3.03. The summed E-state index contributed by atoms with van der Waals surface area (Å²) in [6.45, 7) is 1.89. The Morgan fingerprint density at radius 1 is 1.59 bits per heavy atom. The number of nitrogens with two attached hydrogens (primary N) is 1. The van der Waals surface area contributed by atoms with Crippen LogP contribution in [0.3, 0.4) is 0 Å². The van der Waals surface area contributed by atoms with Gasteiger partial charge in [0, 0.05) is 24.8 Å². The number of likely N-dealkylation sites (tertiary alicyclic amines) is 1. The summed E-state index contributed by atoms with van der Waals surface area (Å²) < 4.78 is 0. The van der Waals surface area contributed by atoms with Gasteiger partial charge in [0.25, 0.3) is 0 Å². The second kappa shape index (κ2) is 4.95. The minimum atomic E-state index is -0.0769. The minimum absolute atomic E-state index is 0.0769. The lowest BCUT2D eigenvalue weighted by molar-refractivity contribution is -0.118. The highest BCUT2D eigenvalue weighted by atomic mass is 16.2. The van der Waals surface area contributed by atoms with Crippen molar-refractivity contribution in [2.24, 2.45) is 5.73 Å². The Balaban J connectivity index is 1.87. The van der Waals surface area contributed by atoms with Gasteiger partial charge in [-0.2, -0.15) is 5.26 Å². The predicted molar refractivity (Wildman–Crippen MR) is 64.2 cm³/mol. The molecule has 0 unspecified atom stereocenters. The van der Waals surface area contributed by atoms with Crippen LogP contribution in [-0.4, -0.2) is 36.5 Å². The van der Waals surface area contributed by atoms with E-state index in [4.69, 9.17) is 11.0 Å². The average molecular weight is 230 g/mol. The van der Waals surface area contributed by atoms with Crippen molar-refractivity contribution in [3.63, 3.8) is 0 Å². The third-order valence-corrected chi connectivity index (χ3v) is 2.63. The Kier molecular flexibility index (Phi) is 3.38. The van der Waals surface area contributed by atoms with Gasteiger partial charge in [0.1, 0.15) is 0 Å². The number of amides is 1. The second-order valence-corrected chi connectivity index (χ2v) is 4.19. The quantitative estimate of drug-likeness (QED) is 0.773. The average Bonchev–Trinajstić information content (AvgIpc) is 2.27. The molecule has 1 heterocycles. The first-order valence-corrected chi connectivity index (χ1v) is 5.45. The van der Waals surface area contributed by atoms with E-state index in [0.717, 1.165) is 13.1 Å². The number of carbonyl (C=O) groups is 1. The Morgan fingerprint density at radius 3 is 3.00 bits per heavy atom. The Bertz CT molecular complexity index is 460. The monoisotopic (exact) mass is 230 g/mol. The molecule has 1 aromatic carbocycles. The van der Waals surface area contributed by atoms with Gasteiger partial charge in [-0.25, -0.2) is 0 Å². The minimum Gasteiger partial charge on any atom is -0.325 e. The molecular weight excluding hydrogens is 216 g/mol. The number of carbonyl (C=O) groups excluding carboxylic acids is 1. The molecule has 1 aliphatic heterocycles. The zero-order valence-electron chi connectivity index (χ0n) is 9.39. The van der Waals surface area contributed by atoms with Crippen LogP contribution in [0.1, 0.15) is 5.56 Å². The number of hydrogen-bond acceptors (Lipinski definition) is 4. The highest BCUT2D eigenvalue weighted by Crippen LogP contribution is 2.10. The lowest BCUT2D eigenvalue weighted by atomic mass is 10.1. The molecule has 5 nitrogen and oxygen atoms in total. The van der Waals surface area contributed by atoms with Gasteiger partial charge >= 0.3 is 0 Å². The molecule has 3 N–H and O–H groups in total. The zero-order chi connectivity index (χ0) is 12.3. The van der Waals surface area contributed by atoms with Crippen LogP contribution in [0.2, 0.25) is 0 Å². The summed E-state index contributed by atoms with van der Waals surface area (Å²) in [4.78, 5) is 13.6. The van der Waals surface area contributed by atoms with Gasteiger partial charge in [0.05, 0.1) is 18.2 Å². The van der Waals surface area contributed by atoms with Gasteiger partial charge in [-0.1, -0.05) is 6.07 Å². The van der Waals surface area contributed by atoms with Gasteiger partial charge in [-0.15, -0.1) is 0 Å². The van der Waals surface area contributed by atoms with Crippen LogP contribution in [0.25, 0.3) is 0 Å². The van der Waals surface area contributed by atoms with Crippen LogP contribution >= 0.6 is 0 Å². The maximum Gasteiger partial charge on any atom is 0.238 e. The highest BCUT2D eigenvalue weighted by molar-refractivity contribution is 5.92. The molecule has 88 valence electrons. The van der Waals surface area contributed by atoms with Gasteiger partial charge in [-0.3, -0.25) is 9.69 Å². The Labute approximate surface area is 99.8 Å². The largest absolute Gasteiger partial charge is 0.325 e. The standard InChI is InChI=1S/C12H14N4O/c13-5-9-2-1-3-11(4-9)15-12(17)8-16-6-10(14)7-16/h1-4,10H,6-8,14H2,(H,15,17). The molecule has 0 atom stereocenters. The lowest BCUT2D eigenvalue weighted by Gasteiger charge is -2.36. The summed E-state index contributed by atoms with van der Waals surface area (Å²) in [7, 11) is 0. The molecule has 0 spiro atoms. The van der Waals surface area contributed by atoms with Crippen molar-refractivity contribution in [2.45, 2.75) is 6.04 Å². The van der Waals surface area contributed by atoms with E-state index < -0.39 is 0 Å². The van der Waals surface area contributed by atoms with Gasteiger partial charge < -0.3 is 11.1 Å². The Morgan fingerprint density at radius 2 is 2.35 bits per heavy atom. The van der Waals surface area contributed by atoms with Gasteiger partial charge in [0.15, 0.2) is 0 Å². The van der Waals surface area contributed by atoms with Crippen LogP contribution in [0, 0.1) is 11.3 Å². The van der Waals surface area contributed by atoms with Crippen molar-refractivity contribution in [1.29, 1.82) is 5.26 Å². The molecular formula is C12H14N4O. The van der Waals surface area contributed by atoms with E-state index in [2.05, 4.69) is 5.32 Å². The van der Waals surface area contributed by atoms with Crippen LogP contribution < -0.4 is 11.1 Å². The van der Waals surface area contributed by atoms with Gasteiger partial charge in [-0.05, 0) is 18.2 Å². The molecule has 5 heteroatoms. The zero-order valence-corrected chi connectivity index (χ0v) is 9.39. The number of nitrogens with zero attached hydrogens (tertiary/aromatic N) is 2. The molecule has 0 aliphatic carbocycles. The summed E-state index contributed by atoms with van der Waals surface area (Å²) in [5, 5.41) is 11.5. The van der Waals surface area contributed by atoms with Crippen LogP contribution in [0.5, 0.6) is 0 Å². The molecule has 0 aromatic heterocycles. The van der Waals surface area contributed by atoms with Crippen LogP contribution in [0.15, 0.2) is 24.3 Å². The molecule has 1 aromatic rings. The van der Waals surface area contributed by atoms with Crippen LogP contribution in [-0.2, 0) is 4.79 Å². The van der Waals surface area contributed by atoms with E-state index in [9.17, 15) is 4.79 Å². The predicted octanol–water partition coefficient (Wildman–Crippen LogP) is 0.140. The number of rotatable bonds is 3. The SMILES string of the molecule is N#Cc1cccc(NC(=O)CN2CC(N)C2)c1. The first-order valence-electron chi connectivity index (χ1n) is 5.45. The molecule has 1 fully saturated rings. The fourth-order valence-corrected chi connectivity index (χ4v) is 1.81. The van der Waals surface area contributed by atoms with Crippen molar-refractivity contribution in [3.8, 4) is 6.07 Å². The van der Waals surface area contributed by atoms with Crippen molar-refractivity contribution in [3.05, 3.63) is 29.8 Å². The smallest absolute Gasteiger partial charge is 0.238 e. The first kappa shape index (κ1) is 11.6. The molecule has 1 amide bonds. The number of benzene rings is 1. The number of nitriles is 1. The fraction of sp³-hybridized carbons (Fsp3) is 0.333. The highest BCUT2D eigenvalue weighted by Gasteiger charge is 2.24. The van der Waals surface area contributed by atoms with E-state index in [1.54, 1.807) is 24.3 Å². The molecule has 1 saturated heterocycles.